The SMILES string of the molecule is CC(S)N[C@@H](C(=O)OC(C)(C)C)C(C)(C)C. The molecule has 3 nitrogen and oxygen atoms in total. The average molecular weight is 247 g/mol. The van der Waals surface area contributed by atoms with E-state index >= 15 is 0 Å². The highest BCUT2D eigenvalue weighted by molar-refractivity contribution is 7.80. The van der Waals surface area contributed by atoms with Gasteiger partial charge >= 0.3 is 5.97 Å². The first-order valence-corrected chi connectivity index (χ1v) is 6.12. The molecule has 0 aliphatic heterocycles. The Kier molecular flexibility index (Phi) is 5.33. The first kappa shape index (κ1) is 15.8. The van der Waals surface area contributed by atoms with Gasteiger partial charge in [0.2, 0.25) is 0 Å². The van der Waals surface area contributed by atoms with Gasteiger partial charge in [-0.3, -0.25) is 10.1 Å². The molecule has 1 N–H and O–H groups in total. The van der Waals surface area contributed by atoms with Gasteiger partial charge < -0.3 is 4.74 Å². The van der Waals surface area contributed by atoms with E-state index in [0.717, 1.165) is 0 Å². The van der Waals surface area contributed by atoms with Crippen LogP contribution >= 0.6 is 12.6 Å². The Morgan fingerprint density at radius 3 is 1.88 bits per heavy atom. The molecular weight excluding hydrogens is 222 g/mol. The Labute approximate surface area is 105 Å². The van der Waals surface area contributed by atoms with Gasteiger partial charge in [-0.1, -0.05) is 20.8 Å². The number of hydrogen-bond acceptors (Lipinski definition) is 4. The van der Waals surface area contributed by atoms with Crippen molar-refractivity contribution in [2.75, 3.05) is 0 Å². The van der Waals surface area contributed by atoms with Crippen LogP contribution in [0.1, 0.15) is 48.5 Å². The second-order valence-electron chi connectivity index (χ2n) is 6.18. The molecule has 0 amide bonds. The highest BCUT2D eigenvalue weighted by Crippen LogP contribution is 2.23. The Morgan fingerprint density at radius 1 is 1.19 bits per heavy atom. The molecular formula is C12H25NO2S. The number of thiol groups is 1. The second-order valence-corrected chi connectivity index (χ2v) is 6.95. The van der Waals surface area contributed by atoms with Crippen LogP contribution in [0.3, 0.4) is 0 Å². The number of carbonyl (C=O) groups excluding carboxylic acids is 1. The third-order valence-electron chi connectivity index (χ3n) is 1.92. The molecule has 0 saturated heterocycles. The minimum Gasteiger partial charge on any atom is -0.459 e. The molecule has 0 aliphatic rings. The first-order chi connectivity index (χ1) is 6.93. The maximum Gasteiger partial charge on any atom is 0.324 e. The van der Waals surface area contributed by atoms with Crippen LogP contribution in [0.5, 0.6) is 0 Å². The van der Waals surface area contributed by atoms with Crippen molar-refractivity contribution in [3.63, 3.8) is 0 Å². The fraction of sp³-hybridized carbons (Fsp3) is 0.917. The van der Waals surface area contributed by atoms with Crippen molar-refractivity contribution in [1.82, 2.24) is 5.32 Å². The topological polar surface area (TPSA) is 38.3 Å². The monoisotopic (exact) mass is 247 g/mol. The Bertz CT molecular complexity index is 238. The summed E-state index contributed by atoms with van der Waals surface area (Å²) in [5.41, 5.74) is -0.651. The molecule has 1 unspecified atom stereocenters. The van der Waals surface area contributed by atoms with Crippen LogP contribution in [0.4, 0.5) is 0 Å². The third kappa shape index (κ3) is 6.38. The predicted molar refractivity (Wildman–Crippen MR) is 70.7 cm³/mol. The lowest BCUT2D eigenvalue weighted by Crippen LogP contribution is -2.51. The molecule has 4 heteroatoms. The van der Waals surface area contributed by atoms with Gasteiger partial charge in [-0.05, 0) is 33.1 Å². The van der Waals surface area contributed by atoms with E-state index in [4.69, 9.17) is 4.74 Å². The van der Waals surface area contributed by atoms with Crippen molar-refractivity contribution in [3.8, 4) is 0 Å². The summed E-state index contributed by atoms with van der Waals surface area (Å²) in [7, 11) is 0. The van der Waals surface area contributed by atoms with E-state index in [2.05, 4.69) is 17.9 Å². The van der Waals surface area contributed by atoms with Crippen molar-refractivity contribution in [2.45, 2.75) is 65.5 Å². The summed E-state index contributed by atoms with van der Waals surface area (Å²) in [6, 6.07) is -0.348. The Hall–Kier alpha value is -0.220. The summed E-state index contributed by atoms with van der Waals surface area (Å²) in [5.74, 6) is -0.221. The number of esters is 1. The molecule has 0 aromatic rings. The molecule has 0 aromatic heterocycles. The summed E-state index contributed by atoms with van der Waals surface area (Å²) in [6.07, 6.45) is 0. The average Bonchev–Trinajstić information content (AvgIpc) is 1.93. The summed E-state index contributed by atoms with van der Waals surface area (Å²) >= 11 is 4.26. The molecule has 0 bridgehead atoms. The van der Waals surface area contributed by atoms with E-state index in [9.17, 15) is 4.79 Å². The zero-order valence-corrected chi connectivity index (χ0v) is 12.3. The summed E-state index contributed by atoms with van der Waals surface area (Å²) in [6.45, 7) is 13.5. The smallest absolute Gasteiger partial charge is 0.324 e. The van der Waals surface area contributed by atoms with Gasteiger partial charge in [0.25, 0.3) is 0 Å². The Balaban J connectivity index is 4.71. The second kappa shape index (κ2) is 5.41. The van der Waals surface area contributed by atoms with Gasteiger partial charge in [-0.15, -0.1) is 0 Å². The maximum atomic E-state index is 12.0. The molecule has 0 radical (unpaired) electrons. The van der Waals surface area contributed by atoms with Crippen molar-refractivity contribution in [2.24, 2.45) is 5.41 Å². The summed E-state index contributed by atoms with van der Waals surface area (Å²) in [4.78, 5) is 12.0. The van der Waals surface area contributed by atoms with E-state index in [0.29, 0.717) is 0 Å². The summed E-state index contributed by atoms with van der Waals surface area (Å²) < 4.78 is 5.39. The van der Waals surface area contributed by atoms with Crippen molar-refractivity contribution in [3.05, 3.63) is 0 Å². The molecule has 0 heterocycles. The maximum absolute atomic E-state index is 12.0. The fourth-order valence-electron chi connectivity index (χ4n) is 1.27. The lowest BCUT2D eigenvalue weighted by molar-refractivity contribution is -0.160. The minimum absolute atomic E-state index is 0.0447. The first-order valence-electron chi connectivity index (χ1n) is 5.60. The van der Waals surface area contributed by atoms with Crippen LogP contribution in [0.2, 0.25) is 0 Å². The minimum atomic E-state index is -0.456. The van der Waals surface area contributed by atoms with E-state index in [1.807, 2.05) is 48.5 Å². The zero-order valence-electron chi connectivity index (χ0n) is 11.4. The van der Waals surface area contributed by atoms with Crippen molar-refractivity contribution < 1.29 is 9.53 Å². The highest BCUT2D eigenvalue weighted by atomic mass is 32.1. The number of nitrogens with one attached hydrogen (secondary N) is 1. The highest BCUT2D eigenvalue weighted by Gasteiger charge is 2.35. The van der Waals surface area contributed by atoms with E-state index < -0.39 is 5.60 Å². The molecule has 0 aliphatic carbocycles. The normalized spacial score (nSPS) is 16.8. The van der Waals surface area contributed by atoms with Crippen LogP contribution in [-0.4, -0.2) is 23.0 Å². The van der Waals surface area contributed by atoms with Crippen LogP contribution in [0, 0.1) is 5.41 Å². The predicted octanol–water partition coefficient (Wildman–Crippen LogP) is 2.61. The molecule has 0 spiro atoms. The molecule has 0 saturated carbocycles. The van der Waals surface area contributed by atoms with Crippen LogP contribution < -0.4 is 5.32 Å². The largest absolute Gasteiger partial charge is 0.459 e. The Morgan fingerprint density at radius 2 is 1.62 bits per heavy atom. The molecule has 2 atom stereocenters. The number of rotatable bonds is 3. The molecule has 0 aromatic carbocycles. The van der Waals surface area contributed by atoms with Gasteiger partial charge in [0.15, 0.2) is 0 Å². The number of carbonyl (C=O) groups is 1. The van der Waals surface area contributed by atoms with Crippen LogP contribution in [-0.2, 0) is 9.53 Å². The number of ether oxygens (including phenoxy) is 1. The zero-order chi connectivity index (χ0) is 13.1. The van der Waals surface area contributed by atoms with E-state index in [1.165, 1.54) is 0 Å². The van der Waals surface area contributed by atoms with Crippen molar-refractivity contribution >= 4 is 18.6 Å². The van der Waals surface area contributed by atoms with Crippen LogP contribution in [0.15, 0.2) is 0 Å². The quantitative estimate of drug-likeness (QED) is 0.457. The van der Waals surface area contributed by atoms with Gasteiger partial charge in [-0.25, -0.2) is 0 Å². The van der Waals surface area contributed by atoms with Gasteiger partial charge in [0.05, 0.1) is 0 Å². The molecule has 96 valence electrons. The number of hydrogen-bond donors (Lipinski definition) is 2. The summed E-state index contributed by atoms with van der Waals surface area (Å²) in [5, 5.41) is 3.09. The van der Waals surface area contributed by atoms with E-state index in [-0.39, 0.29) is 22.8 Å². The third-order valence-corrected chi connectivity index (χ3v) is 2.07. The van der Waals surface area contributed by atoms with Gasteiger partial charge in [-0.2, -0.15) is 12.6 Å². The van der Waals surface area contributed by atoms with Gasteiger partial charge in [0, 0.05) is 5.37 Å². The van der Waals surface area contributed by atoms with E-state index in [1.54, 1.807) is 0 Å². The molecule has 0 fully saturated rings. The fourth-order valence-corrected chi connectivity index (χ4v) is 1.42. The van der Waals surface area contributed by atoms with Crippen LogP contribution in [0.25, 0.3) is 0 Å². The van der Waals surface area contributed by atoms with Gasteiger partial charge in [0.1, 0.15) is 11.6 Å². The standard InChI is InChI=1S/C12H25NO2S/c1-8(16)13-9(11(2,3)4)10(14)15-12(5,6)7/h8-9,13,16H,1-7H3/t8?,9-/m0/s1. The lowest BCUT2D eigenvalue weighted by atomic mass is 9.86. The molecule has 16 heavy (non-hydrogen) atoms. The van der Waals surface area contributed by atoms with Crippen molar-refractivity contribution in [1.29, 1.82) is 0 Å². The lowest BCUT2D eigenvalue weighted by Gasteiger charge is -2.33. The molecule has 0 rings (SSSR count).